The number of hydrogen-bond acceptors (Lipinski definition) is 3. The molecule has 3 aromatic rings. The predicted molar refractivity (Wildman–Crippen MR) is 75.3 cm³/mol. The van der Waals surface area contributed by atoms with E-state index in [1.165, 1.54) is 0 Å². The van der Waals surface area contributed by atoms with Gasteiger partial charge in [0, 0.05) is 29.3 Å². The van der Waals surface area contributed by atoms with Gasteiger partial charge >= 0.3 is 0 Å². The van der Waals surface area contributed by atoms with Crippen LogP contribution in [0.3, 0.4) is 0 Å². The summed E-state index contributed by atoms with van der Waals surface area (Å²) < 4.78 is 7.38. The molecule has 3 rings (SSSR count). The van der Waals surface area contributed by atoms with Gasteiger partial charge in [0.15, 0.2) is 0 Å². The Morgan fingerprint density at radius 2 is 1.44 bits per heavy atom. The van der Waals surface area contributed by atoms with E-state index in [1.54, 1.807) is 7.11 Å². The number of fused-ring (bicyclic) bond motifs is 3. The first-order chi connectivity index (χ1) is 8.70. The Labute approximate surface area is 105 Å². The molecule has 0 saturated carbocycles. The van der Waals surface area contributed by atoms with Crippen molar-refractivity contribution in [2.75, 3.05) is 18.6 Å². The molecule has 0 aliphatic carbocycles. The fraction of sp³-hybridized carbons (Fsp3) is 0.143. The van der Waals surface area contributed by atoms with Crippen LogP contribution in [0.1, 0.15) is 0 Å². The molecule has 0 aliphatic heterocycles. The van der Waals surface area contributed by atoms with Crippen molar-refractivity contribution in [3.8, 4) is 0 Å². The number of ether oxygens (including phenoxy) is 1. The number of benzene rings is 2. The smallest absolute Gasteiger partial charge is 0.123 e. The van der Waals surface area contributed by atoms with E-state index in [9.17, 15) is 0 Å². The molecule has 0 amide bonds. The number of nitrogen functional groups attached to an aromatic ring is 2. The van der Waals surface area contributed by atoms with Crippen molar-refractivity contribution in [1.82, 2.24) is 4.57 Å². The molecule has 0 fully saturated rings. The van der Waals surface area contributed by atoms with E-state index in [-0.39, 0.29) is 0 Å². The maximum Gasteiger partial charge on any atom is 0.123 e. The quantitative estimate of drug-likeness (QED) is 0.678. The summed E-state index contributed by atoms with van der Waals surface area (Å²) in [7, 11) is 1.69. The van der Waals surface area contributed by atoms with E-state index >= 15 is 0 Å². The lowest BCUT2D eigenvalue weighted by Gasteiger charge is -2.05. The Kier molecular flexibility index (Phi) is 2.38. The molecule has 4 nitrogen and oxygen atoms in total. The van der Waals surface area contributed by atoms with Crippen LogP contribution in [0.5, 0.6) is 0 Å². The van der Waals surface area contributed by atoms with E-state index < -0.39 is 0 Å². The van der Waals surface area contributed by atoms with E-state index in [0.29, 0.717) is 6.73 Å². The zero-order valence-electron chi connectivity index (χ0n) is 10.2. The maximum absolute atomic E-state index is 5.86. The Morgan fingerprint density at radius 3 is 1.89 bits per heavy atom. The van der Waals surface area contributed by atoms with Crippen LogP contribution in [0, 0.1) is 0 Å². The molecule has 2 aromatic carbocycles. The summed E-state index contributed by atoms with van der Waals surface area (Å²) in [6.07, 6.45) is 0. The lowest BCUT2D eigenvalue weighted by Crippen LogP contribution is -1.99. The van der Waals surface area contributed by atoms with Crippen molar-refractivity contribution in [2.45, 2.75) is 6.73 Å². The Bertz CT molecular complexity index is 671. The molecule has 4 heteroatoms. The minimum atomic E-state index is 0.508. The number of rotatable bonds is 2. The average Bonchev–Trinajstić information content (AvgIpc) is 2.64. The second-order valence-corrected chi connectivity index (χ2v) is 4.40. The molecule has 1 aromatic heterocycles. The van der Waals surface area contributed by atoms with Crippen molar-refractivity contribution >= 4 is 33.2 Å². The maximum atomic E-state index is 5.86. The largest absolute Gasteiger partial charge is 0.399 e. The molecule has 0 spiro atoms. The zero-order valence-corrected chi connectivity index (χ0v) is 10.2. The van der Waals surface area contributed by atoms with Gasteiger partial charge in [-0.1, -0.05) is 0 Å². The topological polar surface area (TPSA) is 66.2 Å². The number of hydrogen-bond donors (Lipinski definition) is 2. The van der Waals surface area contributed by atoms with Gasteiger partial charge < -0.3 is 20.8 Å². The minimum Gasteiger partial charge on any atom is -0.399 e. The first-order valence-electron chi connectivity index (χ1n) is 5.76. The molecular weight excluding hydrogens is 226 g/mol. The molecule has 18 heavy (non-hydrogen) atoms. The molecule has 0 saturated heterocycles. The van der Waals surface area contributed by atoms with Gasteiger partial charge in [-0.3, -0.25) is 0 Å². The van der Waals surface area contributed by atoms with Crippen molar-refractivity contribution in [1.29, 1.82) is 0 Å². The van der Waals surface area contributed by atoms with Gasteiger partial charge in [-0.25, -0.2) is 0 Å². The average molecular weight is 241 g/mol. The summed E-state index contributed by atoms with van der Waals surface area (Å²) in [5.41, 5.74) is 15.4. The third-order valence-electron chi connectivity index (χ3n) is 3.17. The number of nitrogens with zero attached hydrogens (tertiary/aromatic N) is 1. The van der Waals surface area contributed by atoms with Gasteiger partial charge in [0.25, 0.3) is 0 Å². The second-order valence-electron chi connectivity index (χ2n) is 4.40. The SMILES string of the molecule is COCn1c2ccc(N)cc2c2cc(N)ccc21. The van der Waals surface area contributed by atoms with Crippen LogP contribution in [0.2, 0.25) is 0 Å². The van der Waals surface area contributed by atoms with Crippen LogP contribution in [-0.2, 0) is 11.5 Å². The molecule has 0 unspecified atom stereocenters. The van der Waals surface area contributed by atoms with Crippen molar-refractivity contribution in [2.24, 2.45) is 0 Å². The van der Waals surface area contributed by atoms with Crippen molar-refractivity contribution in [3.63, 3.8) is 0 Å². The molecule has 1 heterocycles. The molecule has 0 aliphatic rings. The third kappa shape index (κ3) is 1.50. The van der Waals surface area contributed by atoms with Crippen LogP contribution < -0.4 is 11.5 Å². The van der Waals surface area contributed by atoms with Gasteiger partial charge in [-0.2, -0.15) is 0 Å². The van der Waals surface area contributed by atoms with Crippen LogP contribution in [0.25, 0.3) is 21.8 Å². The standard InChI is InChI=1S/C14H15N3O/c1-18-8-17-13-4-2-9(15)6-11(13)12-7-10(16)3-5-14(12)17/h2-7H,8,15-16H2,1H3. The molecule has 0 radical (unpaired) electrons. The molecule has 4 N–H and O–H groups in total. The highest BCUT2D eigenvalue weighted by atomic mass is 16.5. The fourth-order valence-electron chi connectivity index (χ4n) is 2.41. The Morgan fingerprint density at radius 1 is 0.944 bits per heavy atom. The summed E-state index contributed by atoms with van der Waals surface area (Å²) in [5.74, 6) is 0. The van der Waals surface area contributed by atoms with Crippen molar-refractivity contribution < 1.29 is 4.74 Å². The third-order valence-corrected chi connectivity index (χ3v) is 3.17. The van der Waals surface area contributed by atoms with Crippen molar-refractivity contribution in [3.05, 3.63) is 36.4 Å². The lowest BCUT2D eigenvalue weighted by molar-refractivity contribution is 0.138. The van der Waals surface area contributed by atoms with Gasteiger partial charge in [0.05, 0.1) is 11.0 Å². The highest BCUT2D eigenvalue weighted by Gasteiger charge is 2.10. The first kappa shape index (κ1) is 10.9. The zero-order chi connectivity index (χ0) is 12.7. The number of nitrogens with two attached hydrogens (primary N) is 2. The van der Waals surface area contributed by atoms with Gasteiger partial charge in [-0.05, 0) is 36.4 Å². The van der Waals surface area contributed by atoms with Gasteiger partial charge in [0.1, 0.15) is 6.73 Å². The van der Waals surface area contributed by atoms with Crippen LogP contribution >= 0.6 is 0 Å². The number of anilines is 2. The summed E-state index contributed by atoms with van der Waals surface area (Å²) in [6.45, 7) is 0.508. The number of methoxy groups -OCH3 is 1. The summed E-state index contributed by atoms with van der Waals surface area (Å²) in [6, 6.07) is 11.8. The second kappa shape index (κ2) is 3.92. The first-order valence-corrected chi connectivity index (χ1v) is 5.76. The van der Waals surface area contributed by atoms with Gasteiger partial charge in [-0.15, -0.1) is 0 Å². The summed E-state index contributed by atoms with van der Waals surface area (Å²) in [4.78, 5) is 0. The lowest BCUT2D eigenvalue weighted by atomic mass is 10.1. The normalized spacial score (nSPS) is 11.4. The van der Waals surface area contributed by atoms with Crippen LogP contribution in [0.4, 0.5) is 11.4 Å². The van der Waals surface area contributed by atoms with E-state index in [4.69, 9.17) is 16.2 Å². The molecular formula is C14H15N3O. The highest BCUT2D eigenvalue weighted by Crippen LogP contribution is 2.31. The monoisotopic (exact) mass is 241 g/mol. The van der Waals surface area contributed by atoms with Crippen LogP contribution in [-0.4, -0.2) is 11.7 Å². The summed E-state index contributed by atoms with van der Waals surface area (Å²) >= 11 is 0. The Hall–Kier alpha value is -2.20. The molecule has 92 valence electrons. The van der Waals surface area contributed by atoms with Crippen LogP contribution in [0.15, 0.2) is 36.4 Å². The van der Waals surface area contributed by atoms with E-state index in [1.807, 2.05) is 36.4 Å². The number of aromatic nitrogens is 1. The Balaban J connectivity index is 2.48. The minimum absolute atomic E-state index is 0.508. The fourth-order valence-corrected chi connectivity index (χ4v) is 2.41. The van der Waals surface area contributed by atoms with Gasteiger partial charge in [0.2, 0.25) is 0 Å². The predicted octanol–water partition coefficient (Wildman–Crippen LogP) is 2.56. The molecule has 0 bridgehead atoms. The molecule has 0 atom stereocenters. The van der Waals surface area contributed by atoms with E-state index in [2.05, 4.69) is 4.57 Å². The van der Waals surface area contributed by atoms with E-state index in [0.717, 1.165) is 33.2 Å². The highest BCUT2D eigenvalue weighted by molar-refractivity contribution is 6.09. The summed E-state index contributed by atoms with van der Waals surface area (Å²) in [5, 5.41) is 2.21.